The molecular formula is C19H18N4O3. The third-order valence-corrected chi connectivity index (χ3v) is 4.34. The fraction of sp³-hybridized carbons (Fsp3) is 0.263. The van der Waals surface area contributed by atoms with Crippen LogP contribution < -0.4 is 10.3 Å². The molecule has 7 nitrogen and oxygen atoms in total. The number of aliphatic imine (C=N–C) groups is 1. The number of pyridine rings is 1. The first-order valence-electron chi connectivity index (χ1n) is 8.42. The van der Waals surface area contributed by atoms with Crippen LogP contribution in [0.1, 0.15) is 30.0 Å². The van der Waals surface area contributed by atoms with E-state index in [1.165, 1.54) is 0 Å². The van der Waals surface area contributed by atoms with E-state index in [4.69, 9.17) is 9.47 Å². The molecule has 0 saturated heterocycles. The second-order valence-electron chi connectivity index (χ2n) is 6.09. The van der Waals surface area contributed by atoms with E-state index in [2.05, 4.69) is 19.9 Å². The number of aromatic amines is 1. The first kappa shape index (κ1) is 16.4. The molecule has 0 bridgehead atoms. The van der Waals surface area contributed by atoms with Gasteiger partial charge in [0.2, 0.25) is 0 Å². The van der Waals surface area contributed by atoms with E-state index in [1.54, 1.807) is 25.6 Å². The van der Waals surface area contributed by atoms with Crippen LogP contribution in [-0.4, -0.2) is 34.9 Å². The molecule has 1 N–H and O–H groups in total. The second kappa shape index (κ2) is 7.05. The highest BCUT2D eigenvalue weighted by molar-refractivity contribution is 5.85. The average molecular weight is 350 g/mol. The molecule has 1 unspecified atom stereocenters. The topological polar surface area (TPSA) is 89.5 Å². The predicted octanol–water partition coefficient (Wildman–Crippen LogP) is 3.01. The summed E-state index contributed by atoms with van der Waals surface area (Å²) in [6.07, 6.45) is 6.84. The number of ether oxygens (including phenoxy) is 2. The number of hydrogen-bond donors (Lipinski definition) is 1. The van der Waals surface area contributed by atoms with E-state index in [9.17, 15) is 4.79 Å². The molecule has 0 spiro atoms. The monoisotopic (exact) mass is 350 g/mol. The Bertz CT molecular complexity index is 1030. The Balaban J connectivity index is 1.58. The van der Waals surface area contributed by atoms with Crippen molar-refractivity contribution in [1.29, 1.82) is 0 Å². The fourth-order valence-electron chi connectivity index (χ4n) is 3.05. The molecule has 1 aromatic carbocycles. The maximum Gasteiger partial charge on any atom is 0.302 e. The lowest BCUT2D eigenvalue weighted by Gasteiger charge is -2.11. The zero-order valence-electron chi connectivity index (χ0n) is 14.3. The predicted molar refractivity (Wildman–Crippen MR) is 98.1 cm³/mol. The van der Waals surface area contributed by atoms with Crippen molar-refractivity contribution in [2.75, 3.05) is 13.7 Å². The Morgan fingerprint density at radius 2 is 2.19 bits per heavy atom. The summed E-state index contributed by atoms with van der Waals surface area (Å²) in [6.45, 7) is 0.716. The maximum absolute atomic E-state index is 12.1. The largest absolute Gasteiger partial charge is 0.426 e. The molecule has 2 aromatic heterocycles. The molecule has 3 aromatic rings. The van der Waals surface area contributed by atoms with Gasteiger partial charge in [-0.1, -0.05) is 0 Å². The highest BCUT2D eigenvalue weighted by Gasteiger charge is 2.19. The van der Waals surface area contributed by atoms with E-state index >= 15 is 0 Å². The number of nitrogens with one attached hydrogen (secondary N) is 1. The Morgan fingerprint density at radius 1 is 1.27 bits per heavy atom. The second-order valence-corrected chi connectivity index (χ2v) is 6.09. The minimum atomic E-state index is -0.255. The minimum Gasteiger partial charge on any atom is -0.426 e. The first-order chi connectivity index (χ1) is 12.7. The molecule has 1 aliphatic heterocycles. The Morgan fingerprint density at radius 3 is 3.08 bits per heavy atom. The van der Waals surface area contributed by atoms with Crippen molar-refractivity contribution in [1.82, 2.24) is 15.0 Å². The zero-order chi connectivity index (χ0) is 17.9. The number of hydrogen-bond acceptors (Lipinski definition) is 6. The summed E-state index contributed by atoms with van der Waals surface area (Å²) in [7, 11) is 1.70. The number of methoxy groups -OCH3 is 1. The van der Waals surface area contributed by atoms with Crippen LogP contribution in [0.25, 0.3) is 10.9 Å². The number of H-pyrrole nitrogens is 1. The normalized spacial score (nSPS) is 15.3. The summed E-state index contributed by atoms with van der Waals surface area (Å²) >= 11 is 0. The summed E-state index contributed by atoms with van der Waals surface area (Å²) in [5.41, 5.74) is 2.44. The smallest absolute Gasteiger partial charge is 0.302 e. The van der Waals surface area contributed by atoms with Gasteiger partial charge < -0.3 is 9.47 Å². The van der Waals surface area contributed by atoms with Gasteiger partial charge in [0.25, 0.3) is 5.56 Å². The van der Waals surface area contributed by atoms with Crippen molar-refractivity contribution in [2.24, 2.45) is 4.99 Å². The van der Waals surface area contributed by atoms with Gasteiger partial charge in [-0.3, -0.25) is 19.8 Å². The van der Waals surface area contributed by atoms with Crippen molar-refractivity contribution >= 4 is 17.1 Å². The lowest BCUT2D eigenvalue weighted by atomic mass is 10.0. The van der Waals surface area contributed by atoms with Gasteiger partial charge in [-0.2, -0.15) is 4.98 Å². The van der Waals surface area contributed by atoms with Crippen LogP contribution in [0, 0.1) is 0 Å². The molecule has 132 valence electrons. The SMILES string of the molecule is COCCCC1N=Cc2ccc(Oc3nc4cnccc4c(=O)[nH]3)cc21. The zero-order valence-corrected chi connectivity index (χ0v) is 14.3. The van der Waals surface area contributed by atoms with Crippen LogP contribution in [-0.2, 0) is 4.74 Å². The molecule has 0 saturated carbocycles. The molecule has 1 aliphatic rings. The molecule has 0 amide bonds. The Hall–Kier alpha value is -3.06. The summed E-state index contributed by atoms with van der Waals surface area (Å²) < 4.78 is 10.9. The van der Waals surface area contributed by atoms with Crippen molar-refractivity contribution in [3.63, 3.8) is 0 Å². The van der Waals surface area contributed by atoms with Crippen LogP contribution >= 0.6 is 0 Å². The number of aromatic nitrogens is 3. The molecule has 1 atom stereocenters. The molecular weight excluding hydrogens is 332 g/mol. The lowest BCUT2D eigenvalue weighted by molar-refractivity contribution is 0.191. The summed E-state index contributed by atoms with van der Waals surface area (Å²) in [4.78, 5) is 27.7. The van der Waals surface area contributed by atoms with E-state index in [0.29, 0.717) is 23.3 Å². The summed E-state index contributed by atoms with van der Waals surface area (Å²) in [6, 6.07) is 7.64. The van der Waals surface area contributed by atoms with Gasteiger partial charge in [0.05, 0.1) is 23.1 Å². The molecule has 0 aliphatic carbocycles. The molecule has 26 heavy (non-hydrogen) atoms. The fourth-order valence-corrected chi connectivity index (χ4v) is 3.05. The third-order valence-electron chi connectivity index (χ3n) is 4.34. The number of rotatable bonds is 6. The van der Waals surface area contributed by atoms with E-state index in [1.807, 2.05) is 24.4 Å². The molecule has 0 fully saturated rings. The van der Waals surface area contributed by atoms with Crippen LogP contribution in [0.5, 0.6) is 11.8 Å². The highest BCUT2D eigenvalue weighted by atomic mass is 16.5. The minimum absolute atomic E-state index is 0.108. The van der Waals surface area contributed by atoms with Gasteiger partial charge in [-0.15, -0.1) is 0 Å². The van der Waals surface area contributed by atoms with Gasteiger partial charge in [-0.05, 0) is 48.2 Å². The quantitative estimate of drug-likeness (QED) is 0.690. The highest BCUT2D eigenvalue weighted by Crippen LogP contribution is 2.33. The van der Waals surface area contributed by atoms with Crippen molar-refractivity contribution < 1.29 is 9.47 Å². The average Bonchev–Trinajstić information content (AvgIpc) is 3.04. The molecule has 3 heterocycles. The van der Waals surface area contributed by atoms with Gasteiger partial charge in [-0.25, -0.2) is 0 Å². The van der Waals surface area contributed by atoms with Crippen molar-refractivity contribution in [2.45, 2.75) is 18.9 Å². The van der Waals surface area contributed by atoms with Crippen LogP contribution in [0.4, 0.5) is 0 Å². The standard InChI is InChI=1S/C19H18N4O3/c1-25-8-2-3-16-15-9-13(5-4-12(15)10-21-16)26-19-22-17-11-20-7-6-14(17)18(24)23-19/h4-7,9-11,16H,2-3,8H2,1H3,(H,22,23,24). The first-order valence-corrected chi connectivity index (χ1v) is 8.42. The molecule has 7 heteroatoms. The van der Waals surface area contributed by atoms with Crippen LogP contribution in [0.15, 0.2) is 46.4 Å². The van der Waals surface area contributed by atoms with Gasteiger partial charge in [0.15, 0.2) is 0 Å². The van der Waals surface area contributed by atoms with Crippen LogP contribution in [0.3, 0.4) is 0 Å². The number of nitrogens with zero attached hydrogens (tertiary/aromatic N) is 3. The Kier molecular flexibility index (Phi) is 4.45. The van der Waals surface area contributed by atoms with Gasteiger partial charge in [0.1, 0.15) is 5.75 Å². The van der Waals surface area contributed by atoms with Gasteiger partial charge >= 0.3 is 6.01 Å². The molecule has 4 rings (SSSR count). The summed E-state index contributed by atoms with van der Waals surface area (Å²) in [5, 5.41) is 0.480. The maximum atomic E-state index is 12.1. The Labute approximate surface area is 149 Å². The van der Waals surface area contributed by atoms with E-state index in [-0.39, 0.29) is 17.6 Å². The van der Waals surface area contributed by atoms with Crippen molar-refractivity contribution in [3.05, 3.63) is 58.1 Å². The summed E-state index contributed by atoms with van der Waals surface area (Å²) in [5.74, 6) is 0.609. The third kappa shape index (κ3) is 3.21. The molecule has 0 radical (unpaired) electrons. The van der Waals surface area contributed by atoms with Crippen molar-refractivity contribution in [3.8, 4) is 11.8 Å². The van der Waals surface area contributed by atoms with E-state index < -0.39 is 0 Å². The number of fused-ring (bicyclic) bond motifs is 2. The lowest BCUT2D eigenvalue weighted by Crippen LogP contribution is -2.09. The van der Waals surface area contributed by atoms with Crippen LogP contribution in [0.2, 0.25) is 0 Å². The number of benzene rings is 1. The van der Waals surface area contributed by atoms with Gasteiger partial charge in [0, 0.05) is 26.1 Å². The van der Waals surface area contributed by atoms with E-state index in [0.717, 1.165) is 24.0 Å².